The van der Waals surface area contributed by atoms with E-state index in [1.54, 1.807) is 17.4 Å². The molecule has 6 aliphatic rings. The Morgan fingerprint density at radius 2 is 1.44 bits per heavy atom. The van der Waals surface area contributed by atoms with Crippen molar-refractivity contribution in [3.05, 3.63) is 101 Å². The fourth-order valence-electron chi connectivity index (χ4n) is 10.8. The second-order valence-corrected chi connectivity index (χ2v) is 14.9. The molecule has 4 heterocycles. The van der Waals surface area contributed by atoms with E-state index in [1.165, 1.54) is 70.0 Å². The van der Waals surface area contributed by atoms with Crippen LogP contribution in [0.2, 0.25) is 0 Å². The van der Waals surface area contributed by atoms with Crippen molar-refractivity contribution < 1.29 is 4.74 Å². The summed E-state index contributed by atoms with van der Waals surface area (Å²) in [5.74, 6) is 4.58. The second-order valence-electron chi connectivity index (χ2n) is 13.9. The number of thiophene rings is 1. The summed E-state index contributed by atoms with van der Waals surface area (Å²) in [6.07, 6.45) is 6.87. The number of ether oxygens (including phenoxy) is 1. The molecule has 4 nitrogen and oxygen atoms in total. The lowest BCUT2D eigenvalue weighted by atomic mass is 9.41. The fraction of sp³-hybridized carbons (Fsp3) is 0.250. The molecule has 0 saturated heterocycles. The molecule has 2 aromatic heterocycles. The summed E-state index contributed by atoms with van der Waals surface area (Å²) >= 11 is 1.79. The van der Waals surface area contributed by atoms with Crippen LogP contribution >= 0.6 is 11.3 Å². The number of hydrogen-bond donors (Lipinski definition) is 0. The molecule has 12 rings (SSSR count). The van der Waals surface area contributed by atoms with Gasteiger partial charge in [-0.15, -0.1) is 11.3 Å². The van der Waals surface area contributed by atoms with Crippen molar-refractivity contribution in [1.82, 2.24) is 4.57 Å². The van der Waals surface area contributed by atoms with E-state index in [0.29, 0.717) is 28.7 Å². The number of nitriles is 2. The van der Waals surface area contributed by atoms with Crippen LogP contribution in [0.3, 0.4) is 0 Å². The summed E-state index contributed by atoms with van der Waals surface area (Å²) in [6.45, 7) is 0. The van der Waals surface area contributed by atoms with Crippen molar-refractivity contribution in [2.24, 2.45) is 23.7 Å². The van der Waals surface area contributed by atoms with Crippen LogP contribution in [0, 0.1) is 46.3 Å². The van der Waals surface area contributed by atoms with Gasteiger partial charge in [0.25, 0.3) is 0 Å². The van der Waals surface area contributed by atoms with E-state index in [0.717, 1.165) is 39.2 Å². The molecule has 4 aromatic carbocycles. The molecule has 1 spiro atoms. The molecule has 0 amide bonds. The standard InChI is InChI=1S/C40H27N3OS/c41-19-23-17-29-34(18-24(23)20-42)44-33-11-4-1-6-27(33)35-36-28-7-5-9-31-37(28)43(39(36)45-38(29)35)32-10-3-2-8-30(32)40(31)25-13-21-12-22(15-25)16-26(40)14-21/h1-11,17-18,21-22,25-26H,12-16H2. The first-order valence-corrected chi connectivity index (χ1v) is 17.0. The third-order valence-corrected chi connectivity index (χ3v) is 13.3. The number of aromatic nitrogens is 1. The summed E-state index contributed by atoms with van der Waals surface area (Å²) in [5, 5.41) is 22.4. The lowest BCUT2D eigenvalue weighted by Gasteiger charge is -2.63. The van der Waals surface area contributed by atoms with Gasteiger partial charge in [0, 0.05) is 43.8 Å². The summed E-state index contributed by atoms with van der Waals surface area (Å²) in [6, 6.07) is 32.7. The maximum atomic E-state index is 9.98. The highest BCUT2D eigenvalue weighted by Crippen LogP contribution is 2.68. The van der Waals surface area contributed by atoms with Gasteiger partial charge in [0.2, 0.25) is 0 Å². The molecule has 5 heteroatoms. The highest BCUT2D eigenvalue weighted by molar-refractivity contribution is 7.23. The minimum Gasteiger partial charge on any atom is -0.456 e. The van der Waals surface area contributed by atoms with Crippen LogP contribution < -0.4 is 4.74 Å². The fourth-order valence-corrected chi connectivity index (χ4v) is 12.2. The van der Waals surface area contributed by atoms with E-state index >= 15 is 0 Å². The average molecular weight is 598 g/mol. The molecule has 2 aliphatic heterocycles. The Balaban J connectivity index is 1.30. The molecule has 45 heavy (non-hydrogen) atoms. The molecule has 0 unspecified atom stereocenters. The first kappa shape index (κ1) is 24.5. The number of nitrogens with zero attached hydrogens (tertiary/aromatic N) is 3. The van der Waals surface area contributed by atoms with E-state index in [4.69, 9.17) is 4.74 Å². The minimum absolute atomic E-state index is 0.0694. The third-order valence-electron chi connectivity index (χ3n) is 12.1. The molecule has 4 bridgehead atoms. The topological polar surface area (TPSA) is 61.7 Å². The summed E-state index contributed by atoms with van der Waals surface area (Å²) in [5.41, 5.74) is 9.64. The summed E-state index contributed by atoms with van der Waals surface area (Å²) < 4.78 is 9.14. The number of para-hydroxylation sites is 3. The lowest BCUT2D eigenvalue weighted by molar-refractivity contribution is -0.0418. The smallest absolute Gasteiger partial charge is 0.137 e. The largest absolute Gasteiger partial charge is 0.456 e. The van der Waals surface area contributed by atoms with Crippen molar-refractivity contribution in [3.8, 4) is 50.9 Å². The Labute approximate surface area is 264 Å². The molecule has 0 N–H and O–H groups in total. The first-order valence-electron chi connectivity index (χ1n) is 16.1. The highest BCUT2D eigenvalue weighted by atomic mass is 32.1. The number of benzene rings is 4. The third kappa shape index (κ3) is 2.79. The van der Waals surface area contributed by atoms with Crippen molar-refractivity contribution in [2.75, 3.05) is 0 Å². The Kier molecular flexibility index (Phi) is 4.49. The van der Waals surface area contributed by atoms with E-state index in [9.17, 15) is 10.5 Å². The van der Waals surface area contributed by atoms with Gasteiger partial charge in [-0.3, -0.25) is 0 Å². The zero-order valence-electron chi connectivity index (χ0n) is 24.5. The second kappa shape index (κ2) is 8.25. The first-order chi connectivity index (χ1) is 22.2. The van der Waals surface area contributed by atoms with Gasteiger partial charge in [-0.2, -0.15) is 10.5 Å². The van der Waals surface area contributed by atoms with Crippen LogP contribution in [0.4, 0.5) is 0 Å². The van der Waals surface area contributed by atoms with Crippen LogP contribution in [0.5, 0.6) is 11.5 Å². The normalized spacial score (nSPS) is 26.0. The van der Waals surface area contributed by atoms with E-state index in [2.05, 4.69) is 71.3 Å². The van der Waals surface area contributed by atoms with Gasteiger partial charge in [0.1, 0.15) is 28.5 Å². The molecule has 4 fully saturated rings. The highest BCUT2D eigenvalue weighted by Gasteiger charge is 2.61. The SMILES string of the molecule is N#Cc1cc2c(cc1C#N)-c1sc3c(c1-c1ccccc1O2)c1cccc2c1n3-c1ccccc1C21C2CC3CC(C2)CC1C3. The van der Waals surface area contributed by atoms with Crippen molar-refractivity contribution in [1.29, 1.82) is 10.5 Å². The number of fused-ring (bicyclic) bond motifs is 11. The Hall–Kier alpha value is -4.84. The summed E-state index contributed by atoms with van der Waals surface area (Å²) in [4.78, 5) is 2.32. The predicted molar refractivity (Wildman–Crippen MR) is 177 cm³/mol. The van der Waals surface area contributed by atoms with Crippen molar-refractivity contribution in [2.45, 2.75) is 37.5 Å². The number of hydrogen-bond acceptors (Lipinski definition) is 4. The molecular weight excluding hydrogens is 571 g/mol. The van der Waals surface area contributed by atoms with Gasteiger partial charge >= 0.3 is 0 Å². The Morgan fingerprint density at radius 1 is 0.733 bits per heavy atom. The molecular formula is C40H27N3OS. The van der Waals surface area contributed by atoms with Gasteiger partial charge in [-0.05, 0) is 85.1 Å². The lowest BCUT2D eigenvalue weighted by Crippen LogP contribution is -2.57. The summed E-state index contributed by atoms with van der Waals surface area (Å²) in [7, 11) is 0. The molecule has 214 valence electrons. The molecule has 4 aliphatic carbocycles. The number of rotatable bonds is 0. The Bertz CT molecular complexity index is 2380. The van der Waals surface area contributed by atoms with Gasteiger partial charge in [0.05, 0.1) is 22.3 Å². The van der Waals surface area contributed by atoms with Crippen LogP contribution in [0.1, 0.15) is 54.4 Å². The molecule has 4 saturated carbocycles. The molecule has 6 aromatic rings. The van der Waals surface area contributed by atoms with Crippen LogP contribution in [0.15, 0.2) is 78.9 Å². The van der Waals surface area contributed by atoms with Crippen LogP contribution in [0.25, 0.3) is 48.4 Å². The monoisotopic (exact) mass is 597 g/mol. The molecule has 0 radical (unpaired) electrons. The van der Waals surface area contributed by atoms with Gasteiger partial charge in [0.15, 0.2) is 0 Å². The van der Waals surface area contributed by atoms with Gasteiger partial charge in [-0.1, -0.05) is 54.6 Å². The van der Waals surface area contributed by atoms with Gasteiger partial charge in [-0.25, -0.2) is 0 Å². The zero-order chi connectivity index (χ0) is 29.6. The average Bonchev–Trinajstić information content (AvgIpc) is 3.56. The minimum atomic E-state index is 0.0694. The maximum absolute atomic E-state index is 9.98. The van der Waals surface area contributed by atoms with Crippen molar-refractivity contribution >= 4 is 32.5 Å². The van der Waals surface area contributed by atoms with E-state index in [-0.39, 0.29) is 5.41 Å². The van der Waals surface area contributed by atoms with Crippen LogP contribution in [-0.2, 0) is 5.41 Å². The van der Waals surface area contributed by atoms with E-state index in [1.807, 2.05) is 18.2 Å². The quantitative estimate of drug-likeness (QED) is 0.175. The molecule has 0 atom stereocenters. The van der Waals surface area contributed by atoms with Gasteiger partial charge < -0.3 is 9.30 Å². The Morgan fingerprint density at radius 3 is 2.24 bits per heavy atom. The predicted octanol–water partition coefficient (Wildman–Crippen LogP) is 10.1. The van der Waals surface area contributed by atoms with Crippen molar-refractivity contribution in [3.63, 3.8) is 0 Å². The zero-order valence-corrected chi connectivity index (χ0v) is 25.3. The maximum Gasteiger partial charge on any atom is 0.137 e. The van der Waals surface area contributed by atoms with E-state index < -0.39 is 0 Å². The van der Waals surface area contributed by atoms with Crippen LogP contribution in [-0.4, -0.2) is 4.57 Å².